The van der Waals surface area contributed by atoms with Crippen LogP contribution in [0, 0.1) is 5.92 Å². The van der Waals surface area contributed by atoms with Crippen molar-refractivity contribution in [2.24, 2.45) is 5.92 Å². The lowest BCUT2D eigenvalue weighted by atomic mass is 10.2. The first kappa shape index (κ1) is 12.1. The molecule has 0 aromatic carbocycles. The molecule has 0 radical (unpaired) electrons. The van der Waals surface area contributed by atoms with Crippen molar-refractivity contribution in [3.05, 3.63) is 22.4 Å². The summed E-state index contributed by atoms with van der Waals surface area (Å²) < 4.78 is 5.60. The van der Waals surface area contributed by atoms with Gasteiger partial charge in [-0.15, -0.1) is 11.3 Å². The van der Waals surface area contributed by atoms with Crippen LogP contribution in [-0.2, 0) is 11.2 Å². The highest BCUT2D eigenvalue weighted by molar-refractivity contribution is 7.09. The minimum atomic E-state index is 0.681. The maximum atomic E-state index is 5.60. The quantitative estimate of drug-likeness (QED) is 0.704. The summed E-state index contributed by atoms with van der Waals surface area (Å²) in [7, 11) is 0. The van der Waals surface area contributed by atoms with Crippen molar-refractivity contribution < 1.29 is 4.74 Å². The molecular formula is C13H21NOS. The fraction of sp³-hybridized carbons (Fsp3) is 0.692. The molecule has 0 saturated heterocycles. The first-order chi connectivity index (χ1) is 7.86. The predicted molar refractivity (Wildman–Crippen MR) is 69.0 cm³/mol. The van der Waals surface area contributed by atoms with Crippen LogP contribution in [0.3, 0.4) is 0 Å². The van der Waals surface area contributed by atoms with Crippen molar-refractivity contribution in [2.75, 3.05) is 19.8 Å². The molecule has 16 heavy (non-hydrogen) atoms. The Morgan fingerprint density at radius 3 is 3.06 bits per heavy atom. The largest absolute Gasteiger partial charge is 0.380 e. The number of hydrogen-bond donors (Lipinski definition) is 1. The fourth-order valence-corrected chi connectivity index (χ4v) is 2.54. The van der Waals surface area contributed by atoms with Crippen molar-refractivity contribution in [1.82, 2.24) is 5.32 Å². The molecule has 1 saturated carbocycles. The lowest BCUT2D eigenvalue weighted by Gasteiger charge is -2.12. The predicted octanol–water partition coefficient (Wildman–Crippen LogP) is 2.70. The molecule has 1 aromatic heterocycles. The van der Waals surface area contributed by atoms with Gasteiger partial charge >= 0.3 is 0 Å². The van der Waals surface area contributed by atoms with Gasteiger partial charge in [0.15, 0.2) is 0 Å². The first-order valence-electron chi connectivity index (χ1n) is 6.20. The third kappa shape index (κ3) is 4.24. The van der Waals surface area contributed by atoms with Crippen LogP contribution in [0.15, 0.2) is 17.5 Å². The van der Waals surface area contributed by atoms with Crippen LogP contribution in [0.25, 0.3) is 0 Å². The Balaban J connectivity index is 1.43. The van der Waals surface area contributed by atoms with E-state index >= 15 is 0 Å². The van der Waals surface area contributed by atoms with Gasteiger partial charge in [0, 0.05) is 23.9 Å². The number of hydrogen-bond acceptors (Lipinski definition) is 3. The van der Waals surface area contributed by atoms with Gasteiger partial charge in [0.05, 0.1) is 13.2 Å². The molecule has 0 amide bonds. The van der Waals surface area contributed by atoms with Gasteiger partial charge in [0.1, 0.15) is 0 Å². The number of thiophene rings is 1. The molecule has 2 nitrogen and oxygen atoms in total. The molecule has 1 aliphatic carbocycles. The highest BCUT2D eigenvalue weighted by atomic mass is 32.1. The van der Waals surface area contributed by atoms with Gasteiger partial charge in [0.25, 0.3) is 0 Å². The van der Waals surface area contributed by atoms with Crippen molar-refractivity contribution in [2.45, 2.75) is 32.2 Å². The normalized spacial score (nSPS) is 17.6. The standard InChI is InChI=1S/C13H21NOS/c1-11(12-4-5-12)14-7-9-15-8-6-13-3-2-10-16-13/h2-3,10-12,14H,4-9H2,1H3. The molecule has 0 bridgehead atoms. The van der Waals surface area contributed by atoms with Crippen LogP contribution in [0.1, 0.15) is 24.6 Å². The molecule has 1 unspecified atom stereocenters. The molecule has 0 spiro atoms. The lowest BCUT2D eigenvalue weighted by Crippen LogP contribution is -2.31. The smallest absolute Gasteiger partial charge is 0.0591 e. The average molecular weight is 239 g/mol. The second-order valence-corrected chi connectivity index (χ2v) is 5.55. The van der Waals surface area contributed by atoms with E-state index in [1.54, 1.807) is 0 Å². The monoisotopic (exact) mass is 239 g/mol. The molecule has 1 aromatic rings. The highest BCUT2D eigenvalue weighted by Gasteiger charge is 2.26. The van der Waals surface area contributed by atoms with E-state index in [1.807, 2.05) is 11.3 Å². The van der Waals surface area contributed by atoms with E-state index in [0.717, 1.165) is 32.1 Å². The zero-order valence-electron chi connectivity index (χ0n) is 9.95. The molecule has 1 fully saturated rings. The molecule has 0 aliphatic heterocycles. The van der Waals surface area contributed by atoms with E-state index in [4.69, 9.17) is 4.74 Å². The van der Waals surface area contributed by atoms with Crippen LogP contribution < -0.4 is 5.32 Å². The van der Waals surface area contributed by atoms with E-state index in [9.17, 15) is 0 Å². The maximum Gasteiger partial charge on any atom is 0.0591 e. The number of rotatable bonds is 8. The van der Waals surface area contributed by atoms with Crippen molar-refractivity contribution >= 4 is 11.3 Å². The molecule has 1 atom stereocenters. The minimum absolute atomic E-state index is 0.681. The van der Waals surface area contributed by atoms with E-state index in [2.05, 4.69) is 29.8 Å². The van der Waals surface area contributed by atoms with Crippen molar-refractivity contribution in [3.8, 4) is 0 Å². The van der Waals surface area contributed by atoms with E-state index in [1.165, 1.54) is 17.7 Å². The van der Waals surface area contributed by atoms with Gasteiger partial charge < -0.3 is 10.1 Å². The Bertz CT molecular complexity index is 282. The van der Waals surface area contributed by atoms with Crippen LogP contribution in [0.5, 0.6) is 0 Å². The van der Waals surface area contributed by atoms with Gasteiger partial charge in [-0.2, -0.15) is 0 Å². The molecule has 90 valence electrons. The first-order valence-corrected chi connectivity index (χ1v) is 7.08. The van der Waals surface area contributed by atoms with Gasteiger partial charge in [0.2, 0.25) is 0 Å². The SMILES string of the molecule is CC(NCCOCCc1cccs1)C1CC1. The summed E-state index contributed by atoms with van der Waals surface area (Å²) in [6.07, 6.45) is 3.87. The summed E-state index contributed by atoms with van der Waals surface area (Å²) in [5.74, 6) is 0.936. The zero-order chi connectivity index (χ0) is 11.2. The summed E-state index contributed by atoms with van der Waals surface area (Å²) >= 11 is 1.81. The maximum absolute atomic E-state index is 5.60. The molecule has 3 heteroatoms. The Kier molecular flexibility index (Phi) is 4.82. The van der Waals surface area contributed by atoms with Crippen LogP contribution in [0.4, 0.5) is 0 Å². The second kappa shape index (κ2) is 6.38. The molecule has 1 N–H and O–H groups in total. The molecular weight excluding hydrogens is 218 g/mol. The zero-order valence-corrected chi connectivity index (χ0v) is 10.8. The minimum Gasteiger partial charge on any atom is -0.380 e. The fourth-order valence-electron chi connectivity index (χ4n) is 1.85. The Labute approximate surface area is 102 Å². The Hall–Kier alpha value is -0.380. The summed E-state index contributed by atoms with van der Waals surface area (Å²) in [5.41, 5.74) is 0. The molecule has 2 rings (SSSR count). The number of nitrogens with one attached hydrogen (secondary N) is 1. The van der Waals surface area contributed by atoms with Crippen LogP contribution in [0.2, 0.25) is 0 Å². The second-order valence-electron chi connectivity index (χ2n) is 4.52. The van der Waals surface area contributed by atoms with Crippen LogP contribution >= 0.6 is 11.3 Å². The third-order valence-corrected chi connectivity index (χ3v) is 4.05. The van der Waals surface area contributed by atoms with E-state index in [-0.39, 0.29) is 0 Å². The summed E-state index contributed by atoms with van der Waals surface area (Å²) in [5, 5.41) is 5.64. The summed E-state index contributed by atoms with van der Waals surface area (Å²) in [6, 6.07) is 4.95. The van der Waals surface area contributed by atoms with Crippen molar-refractivity contribution in [1.29, 1.82) is 0 Å². The Morgan fingerprint density at radius 2 is 2.38 bits per heavy atom. The Morgan fingerprint density at radius 1 is 1.50 bits per heavy atom. The lowest BCUT2D eigenvalue weighted by molar-refractivity contribution is 0.137. The summed E-state index contributed by atoms with van der Waals surface area (Å²) in [6.45, 7) is 4.95. The summed E-state index contributed by atoms with van der Waals surface area (Å²) in [4.78, 5) is 1.42. The van der Waals surface area contributed by atoms with E-state index in [0.29, 0.717) is 6.04 Å². The average Bonchev–Trinajstić information content (AvgIpc) is 3.02. The third-order valence-electron chi connectivity index (χ3n) is 3.11. The molecule has 1 aliphatic rings. The van der Waals surface area contributed by atoms with Crippen LogP contribution in [-0.4, -0.2) is 25.8 Å². The van der Waals surface area contributed by atoms with Crippen molar-refractivity contribution in [3.63, 3.8) is 0 Å². The van der Waals surface area contributed by atoms with Gasteiger partial charge in [-0.3, -0.25) is 0 Å². The number of ether oxygens (including phenoxy) is 1. The van der Waals surface area contributed by atoms with E-state index < -0.39 is 0 Å². The van der Waals surface area contributed by atoms with Gasteiger partial charge in [-0.05, 0) is 37.1 Å². The van der Waals surface area contributed by atoms with Gasteiger partial charge in [-0.1, -0.05) is 6.07 Å². The molecule has 1 heterocycles. The highest BCUT2D eigenvalue weighted by Crippen LogP contribution is 2.32. The topological polar surface area (TPSA) is 21.3 Å². The van der Waals surface area contributed by atoms with Gasteiger partial charge in [-0.25, -0.2) is 0 Å².